The Morgan fingerprint density at radius 3 is 1.95 bits per heavy atom. The van der Waals surface area contributed by atoms with Crippen molar-refractivity contribution in [1.82, 2.24) is 0 Å². The number of sulfone groups is 1. The summed E-state index contributed by atoms with van der Waals surface area (Å²) in [5, 5.41) is 19.6. The lowest BCUT2D eigenvalue weighted by molar-refractivity contribution is 0.467. The Balaban J connectivity index is 2.71. The molecule has 0 aromatic heterocycles. The van der Waals surface area contributed by atoms with Crippen LogP contribution in [-0.2, 0) is 9.84 Å². The van der Waals surface area contributed by atoms with E-state index in [0.29, 0.717) is 22.3 Å². The fraction of sp³-hybridized carbons (Fsp3) is 0.250. The lowest BCUT2D eigenvalue weighted by Gasteiger charge is -2.12. The second-order valence-corrected chi connectivity index (χ2v) is 7.21. The summed E-state index contributed by atoms with van der Waals surface area (Å²) in [6.45, 7) is 6.86. The van der Waals surface area contributed by atoms with Crippen LogP contribution in [0.2, 0.25) is 0 Å². The molecule has 0 saturated carbocycles. The number of rotatable bonds is 2. The predicted molar refractivity (Wildman–Crippen MR) is 80.6 cm³/mol. The van der Waals surface area contributed by atoms with Crippen LogP contribution in [-0.4, -0.2) is 18.6 Å². The zero-order valence-electron chi connectivity index (χ0n) is 12.4. The summed E-state index contributed by atoms with van der Waals surface area (Å²) in [5.74, 6) is -0.116. The number of aryl methyl sites for hydroxylation is 3. The van der Waals surface area contributed by atoms with Gasteiger partial charge in [-0.3, -0.25) is 0 Å². The molecular formula is C16H18O4S. The number of phenolic OH excluding ortho intramolecular Hbond substituents is 2. The van der Waals surface area contributed by atoms with E-state index in [9.17, 15) is 18.6 Å². The highest BCUT2D eigenvalue weighted by Gasteiger charge is 2.23. The first-order chi connectivity index (χ1) is 9.64. The molecule has 0 heterocycles. The third-order valence-corrected chi connectivity index (χ3v) is 5.58. The van der Waals surface area contributed by atoms with Gasteiger partial charge in [-0.05, 0) is 68.1 Å². The van der Waals surface area contributed by atoms with Gasteiger partial charge in [0.1, 0.15) is 11.5 Å². The molecule has 0 fully saturated rings. The van der Waals surface area contributed by atoms with Gasteiger partial charge in [0.15, 0.2) is 0 Å². The third-order valence-electron chi connectivity index (χ3n) is 3.71. The first-order valence-electron chi connectivity index (χ1n) is 6.50. The van der Waals surface area contributed by atoms with Crippen LogP contribution in [0.15, 0.2) is 34.1 Å². The molecule has 0 saturated heterocycles. The lowest BCUT2D eigenvalue weighted by atomic mass is 10.1. The zero-order valence-corrected chi connectivity index (χ0v) is 13.2. The molecule has 0 aliphatic heterocycles. The first kappa shape index (κ1) is 15.4. The summed E-state index contributed by atoms with van der Waals surface area (Å²) in [4.78, 5) is 0.0720. The lowest BCUT2D eigenvalue weighted by Crippen LogP contribution is -2.05. The van der Waals surface area contributed by atoms with Crippen molar-refractivity contribution in [2.45, 2.75) is 37.5 Å². The number of aromatic hydroxyl groups is 2. The van der Waals surface area contributed by atoms with E-state index >= 15 is 0 Å². The monoisotopic (exact) mass is 306 g/mol. The fourth-order valence-corrected chi connectivity index (χ4v) is 3.80. The summed E-state index contributed by atoms with van der Waals surface area (Å²) in [6, 6.07) is 5.66. The van der Waals surface area contributed by atoms with Crippen molar-refractivity contribution in [2.75, 3.05) is 0 Å². The van der Waals surface area contributed by atoms with Crippen molar-refractivity contribution in [3.63, 3.8) is 0 Å². The van der Waals surface area contributed by atoms with Crippen LogP contribution in [0.5, 0.6) is 11.5 Å². The predicted octanol–water partition coefficient (Wildman–Crippen LogP) is 3.16. The van der Waals surface area contributed by atoms with E-state index in [4.69, 9.17) is 0 Å². The topological polar surface area (TPSA) is 74.6 Å². The van der Waals surface area contributed by atoms with Crippen molar-refractivity contribution >= 4 is 9.84 Å². The maximum absolute atomic E-state index is 12.7. The Kier molecular flexibility index (Phi) is 3.72. The molecule has 0 amide bonds. The maximum Gasteiger partial charge on any atom is 0.207 e. The molecule has 0 radical (unpaired) electrons. The van der Waals surface area contributed by atoms with E-state index in [1.54, 1.807) is 33.8 Å². The van der Waals surface area contributed by atoms with E-state index in [2.05, 4.69) is 0 Å². The van der Waals surface area contributed by atoms with Gasteiger partial charge in [0.25, 0.3) is 0 Å². The van der Waals surface area contributed by atoms with Gasteiger partial charge in [0.2, 0.25) is 9.84 Å². The van der Waals surface area contributed by atoms with Crippen LogP contribution in [0.25, 0.3) is 0 Å². The van der Waals surface area contributed by atoms with Gasteiger partial charge in [-0.15, -0.1) is 0 Å². The average molecular weight is 306 g/mol. The number of phenols is 2. The molecule has 5 heteroatoms. The maximum atomic E-state index is 12.7. The molecular weight excluding hydrogens is 288 g/mol. The van der Waals surface area contributed by atoms with Gasteiger partial charge in [-0.25, -0.2) is 8.42 Å². The van der Waals surface area contributed by atoms with Crippen LogP contribution in [0.1, 0.15) is 22.3 Å². The zero-order chi connectivity index (χ0) is 15.9. The Hall–Kier alpha value is -2.01. The minimum Gasteiger partial charge on any atom is -0.508 e. The summed E-state index contributed by atoms with van der Waals surface area (Å²) >= 11 is 0. The molecule has 0 atom stereocenters. The molecule has 0 aliphatic carbocycles. The van der Waals surface area contributed by atoms with Gasteiger partial charge in [0.05, 0.1) is 9.79 Å². The molecule has 112 valence electrons. The van der Waals surface area contributed by atoms with E-state index < -0.39 is 9.84 Å². The van der Waals surface area contributed by atoms with E-state index in [0.717, 1.165) is 0 Å². The minimum absolute atomic E-state index is 0.0226. The van der Waals surface area contributed by atoms with E-state index in [1.165, 1.54) is 18.2 Å². The van der Waals surface area contributed by atoms with Gasteiger partial charge in [0, 0.05) is 0 Å². The van der Waals surface area contributed by atoms with Crippen molar-refractivity contribution in [3.8, 4) is 11.5 Å². The largest absolute Gasteiger partial charge is 0.508 e. The van der Waals surface area contributed by atoms with Crippen molar-refractivity contribution in [1.29, 1.82) is 0 Å². The van der Waals surface area contributed by atoms with Gasteiger partial charge < -0.3 is 10.2 Å². The molecule has 2 aromatic carbocycles. The molecule has 2 N–H and O–H groups in total. The van der Waals surface area contributed by atoms with Crippen LogP contribution in [0, 0.1) is 27.7 Å². The van der Waals surface area contributed by atoms with E-state index in [1.807, 2.05) is 0 Å². The molecule has 0 aliphatic rings. The molecule has 0 unspecified atom stereocenters. The molecule has 4 nitrogen and oxygen atoms in total. The number of benzene rings is 2. The molecule has 2 rings (SSSR count). The highest BCUT2D eigenvalue weighted by atomic mass is 32.2. The summed E-state index contributed by atoms with van der Waals surface area (Å²) in [7, 11) is -3.79. The highest BCUT2D eigenvalue weighted by Crippen LogP contribution is 2.32. The van der Waals surface area contributed by atoms with Crippen molar-refractivity contribution in [3.05, 3.63) is 46.5 Å². The second-order valence-electron chi connectivity index (χ2n) is 5.29. The highest BCUT2D eigenvalue weighted by molar-refractivity contribution is 7.91. The number of hydrogen-bond acceptors (Lipinski definition) is 4. The molecule has 2 aromatic rings. The Morgan fingerprint density at radius 1 is 0.762 bits per heavy atom. The third kappa shape index (κ3) is 2.61. The molecule has 0 bridgehead atoms. The van der Waals surface area contributed by atoms with Crippen LogP contribution in [0.4, 0.5) is 0 Å². The summed E-state index contributed by atoms with van der Waals surface area (Å²) in [6.07, 6.45) is 0. The van der Waals surface area contributed by atoms with Crippen molar-refractivity contribution in [2.24, 2.45) is 0 Å². The van der Waals surface area contributed by atoms with Gasteiger partial charge >= 0.3 is 0 Å². The molecule has 0 spiro atoms. The van der Waals surface area contributed by atoms with Crippen LogP contribution in [0.3, 0.4) is 0 Å². The normalized spacial score (nSPS) is 11.6. The smallest absolute Gasteiger partial charge is 0.207 e. The second kappa shape index (κ2) is 5.07. The Labute approximate surface area is 124 Å². The Bertz CT molecular complexity index is 797. The van der Waals surface area contributed by atoms with Crippen LogP contribution < -0.4 is 0 Å². The molecule has 21 heavy (non-hydrogen) atoms. The first-order valence-corrected chi connectivity index (χ1v) is 7.98. The van der Waals surface area contributed by atoms with Crippen molar-refractivity contribution < 1.29 is 18.6 Å². The summed E-state index contributed by atoms with van der Waals surface area (Å²) < 4.78 is 25.4. The fourth-order valence-electron chi connectivity index (χ4n) is 2.20. The Morgan fingerprint density at radius 2 is 1.38 bits per heavy atom. The standard InChI is InChI=1S/C16H18O4S/c1-9-6-13(7-15(18)12(9)4)21(19,20)16-8-14(17)10(2)5-11(16)3/h5-8,17-18H,1-4H3. The minimum atomic E-state index is -3.79. The van der Waals surface area contributed by atoms with Crippen LogP contribution >= 0.6 is 0 Å². The van der Waals surface area contributed by atoms with E-state index in [-0.39, 0.29) is 21.3 Å². The quantitative estimate of drug-likeness (QED) is 0.893. The SMILES string of the molecule is Cc1cc(C)c(S(=O)(=O)c2cc(C)c(C)c(O)c2)cc1O. The number of hydrogen-bond donors (Lipinski definition) is 2. The van der Waals surface area contributed by atoms with Gasteiger partial charge in [-0.2, -0.15) is 0 Å². The average Bonchev–Trinajstić information content (AvgIpc) is 2.39. The summed E-state index contributed by atoms with van der Waals surface area (Å²) in [5.41, 5.74) is 2.53. The van der Waals surface area contributed by atoms with Gasteiger partial charge in [-0.1, -0.05) is 6.07 Å².